The summed E-state index contributed by atoms with van der Waals surface area (Å²) in [5.74, 6) is 1.02. The number of benzene rings is 1. The second kappa shape index (κ2) is 6.62. The van der Waals surface area contributed by atoms with Gasteiger partial charge in [-0.05, 0) is 62.4 Å². The second-order valence-electron chi connectivity index (χ2n) is 8.16. The first-order chi connectivity index (χ1) is 13.6. The highest BCUT2D eigenvalue weighted by atomic mass is 16.5. The van der Waals surface area contributed by atoms with E-state index >= 15 is 0 Å². The van der Waals surface area contributed by atoms with E-state index in [1.165, 1.54) is 12.1 Å². The van der Waals surface area contributed by atoms with Gasteiger partial charge in [0.25, 0.3) is 11.6 Å². The number of amides is 1. The van der Waals surface area contributed by atoms with Gasteiger partial charge in [0.1, 0.15) is 0 Å². The van der Waals surface area contributed by atoms with Crippen LogP contribution in [0.15, 0.2) is 34.9 Å². The number of hydrogen-bond acceptors (Lipinski definition) is 5. The Balaban J connectivity index is 1.40. The number of rotatable bonds is 4. The monoisotopic (exact) mass is 376 g/mol. The van der Waals surface area contributed by atoms with Gasteiger partial charge in [-0.1, -0.05) is 12.1 Å². The molecular formula is C22H24N4O2. The Morgan fingerprint density at radius 3 is 2.68 bits per heavy atom. The molecule has 5 rings (SSSR count). The maximum Gasteiger partial charge on any atom is 0.259 e. The summed E-state index contributed by atoms with van der Waals surface area (Å²) in [5, 5.41) is 7.73. The number of hydrogen-bond donors (Lipinski definition) is 1. The minimum Gasteiger partial charge on any atom is -0.371 e. The lowest BCUT2D eigenvalue weighted by atomic mass is 10.1. The Kier molecular flexibility index (Phi) is 4.07. The highest BCUT2D eigenvalue weighted by Gasteiger charge is 2.28. The molecule has 0 radical (unpaired) electrons. The molecule has 0 bridgehead atoms. The van der Waals surface area contributed by atoms with Crippen LogP contribution in [0.4, 0.5) is 11.4 Å². The lowest BCUT2D eigenvalue weighted by molar-refractivity contribution is 0.102. The quantitative estimate of drug-likeness (QED) is 0.725. The van der Waals surface area contributed by atoms with Gasteiger partial charge in [0.2, 0.25) is 0 Å². The van der Waals surface area contributed by atoms with Crippen LogP contribution in [-0.2, 0) is 0 Å². The molecule has 1 amide bonds. The SMILES string of the molecule is Cc1noc2nc(C3CC3)cc(C(=O)Nc3ccc(N4CCC(C)C4)cc3)c12. The van der Waals surface area contributed by atoms with Gasteiger partial charge < -0.3 is 14.7 Å². The van der Waals surface area contributed by atoms with Gasteiger partial charge in [-0.2, -0.15) is 0 Å². The van der Waals surface area contributed by atoms with Gasteiger partial charge in [0.15, 0.2) is 0 Å². The number of nitrogens with one attached hydrogen (secondary N) is 1. The number of anilines is 2. The molecule has 6 heteroatoms. The first-order valence-corrected chi connectivity index (χ1v) is 10.0. The van der Waals surface area contributed by atoms with Crippen molar-refractivity contribution in [2.45, 2.75) is 39.0 Å². The van der Waals surface area contributed by atoms with E-state index in [-0.39, 0.29) is 5.91 Å². The molecule has 1 saturated heterocycles. The molecule has 1 saturated carbocycles. The van der Waals surface area contributed by atoms with Gasteiger partial charge >= 0.3 is 0 Å². The summed E-state index contributed by atoms with van der Waals surface area (Å²) in [6.07, 6.45) is 3.46. The first kappa shape index (κ1) is 17.2. The summed E-state index contributed by atoms with van der Waals surface area (Å²) in [7, 11) is 0. The average Bonchev–Trinajstić information content (AvgIpc) is 3.36. The molecule has 1 aromatic carbocycles. The van der Waals surface area contributed by atoms with E-state index in [0.717, 1.165) is 43.2 Å². The maximum atomic E-state index is 13.0. The largest absolute Gasteiger partial charge is 0.371 e. The van der Waals surface area contributed by atoms with E-state index in [9.17, 15) is 4.79 Å². The van der Waals surface area contributed by atoms with Crippen molar-refractivity contribution in [2.75, 3.05) is 23.3 Å². The zero-order chi connectivity index (χ0) is 19.3. The normalized spacial score (nSPS) is 19.4. The summed E-state index contributed by atoms with van der Waals surface area (Å²) in [4.78, 5) is 20.0. The first-order valence-electron chi connectivity index (χ1n) is 10.0. The maximum absolute atomic E-state index is 13.0. The van der Waals surface area contributed by atoms with Crippen LogP contribution in [0.3, 0.4) is 0 Å². The van der Waals surface area contributed by atoms with Crippen molar-refractivity contribution >= 4 is 28.4 Å². The summed E-state index contributed by atoms with van der Waals surface area (Å²) in [6.45, 7) is 6.32. The fraction of sp³-hybridized carbons (Fsp3) is 0.409. The average molecular weight is 376 g/mol. The number of fused-ring (bicyclic) bond motifs is 1. The van der Waals surface area contributed by atoms with Crippen LogP contribution in [0.2, 0.25) is 0 Å². The lowest BCUT2D eigenvalue weighted by Crippen LogP contribution is -2.19. The molecule has 1 aliphatic carbocycles. The fourth-order valence-electron chi connectivity index (χ4n) is 4.00. The summed E-state index contributed by atoms with van der Waals surface area (Å²) in [6, 6.07) is 10.00. The molecule has 2 aliphatic rings. The van der Waals surface area contributed by atoms with Crippen LogP contribution >= 0.6 is 0 Å². The summed E-state index contributed by atoms with van der Waals surface area (Å²) < 4.78 is 5.34. The number of carbonyl (C=O) groups excluding carboxylic acids is 1. The molecule has 3 heterocycles. The third kappa shape index (κ3) is 3.13. The van der Waals surface area contributed by atoms with E-state index in [1.807, 2.05) is 25.1 Å². The van der Waals surface area contributed by atoms with E-state index in [2.05, 4.69) is 39.4 Å². The van der Waals surface area contributed by atoms with Crippen molar-refractivity contribution < 1.29 is 9.32 Å². The Bertz CT molecular complexity index is 1040. The van der Waals surface area contributed by atoms with Gasteiger partial charge in [-0.15, -0.1) is 0 Å². The molecular weight excluding hydrogens is 352 g/mol. The second-order valence-corrected chi connectivity index (χ2v) is 8.16. The third-order valence-corrected chi connectivity index (χ3v) is 5.79. The lowest BCUT2D eigenvalue weighted by Gasteiger charge is -2.18. The predicted molar refractivity (Wildman–Crippen MR) is 109 cm³/mol. The Labute approximate surface area is 163 Å². The van der Waals surface area contributed by atoms with Crippen LogP contribution in [0.25, 0.3) is 11.1 Å². The smallest absolute Gasteiger partial charge is 0.259 e. The van der Waals surface area contributed by atoms with Gasteiger partial charge in [0, 0.05) is 36.1 Å². The van der Waals surface area contributed by atoms with Crippen molar-refractivity contribution in [2.24, 2.45) is 5.92 Å². The van der Waals surface area contributed by atoms with Crippen LogP contribution < -0.4 is 10.2 Å². The molecule has 1 unspecified atom stereocenters. The Morgan fingerprint density at radius 2 is 2.00 bits per heavy atom. The molecule has 1 aliphatic heterocycles. The molecule has 6 nitrogen and oxygen atoms in total. The molecule has 144 valence electrons. The minimum atomic E-state index is -0.150. The van der Waals surface area contributed by atoms with Crippen molar-refractivity contribution in [1.29, 1.82) is 0 Å². The van der Waals surface area contributed by atoms with E-state index in [1.54, 1.807) is 0 Å². The zero-order valence-corrected chi connectivity index (χ0v) is 16.2. The van der Waals surface area contributed by atoms with Crippen molar-refractivity contribution in [3.63, 3.8) is 0 Å². The highest BCUT2D eigenvalue weighted by molar-refractivity contribution is 6.12. The zero-order valence-electron chi connectivity index (χ0n) is 16.2. The number of aryl methyl sites for hydroxylation is 1. The van der Waals surface area contributed by atoms with Gasteiger partial charge in [0.05, 0.1) is 16.6 Å². The minimum absolute atomic E-state index is 0.150. The highest BCUT2D eigenvalue weighted by Crippen LogP contribution is 2.40. The molecule has 3 aromatic rings. The van der Waals surface area contributed by atoms with Gasteiger partial charge in [-0.3, -0.25) is 4.79 Å². The topological polar surface area (TPSA) is 71.3 Å². The molecule has 1 atom stereocenters. The molecule has 28 heavy (non-hydrogen) atoms. The summed E-state index contributed by atoms with van der Waals surface area (Å²) >= 11 is 0. The number of pyridine rings is 1. The van der Waals surface area contributed by atoms with Crippen LogP contribution in [-0.4, -0.2) is 29.1 Å². The van der Waals surface area contributed by atoms with Crippen molar-refractivity contribution in [3.8, 4) is 0 Å². The number of aromatic nitrogens is 2. The number of nitrogens with zero attached hydrogens (tertiary/aromatic N) is 3. The van der Waals surface area contributed by atoms with Crippen LogP contribution in [0.5, 0.6) is 0 Å². The molecule has 2 aromatic heterocycles. The third-order valence-electron chi connectivity index (χ3n) is 5.79. The van der Waals surface area contributed by atoms with Crippen molar-refractivity contribution in [1.82, 2.24) is 10.1 Å². The fourth-order valence-corrected chi connectivity index (χ4v) is 4.00. The molecule has 2 fully saturated rings. The predicted octanol–water partition coefficient (Wildman–Crippen LogP) is 4.51. The Morgan fingerprint density at radius 1 is 1.21 bits per heavy atom. The van der Waals surface area contributed by atoms with E-state index < -0.39 is 0 Å². The van der Waals surface area contributed by atoms with Crippen LogP contribution in [0, 0.1) is 12.8 Å². The van der Waals surface area contributed by atoms with Crippen LogP contribution in [0.1, 0.15) is 53.8 Å². The van der Waals surface area contributed by atoms with Crippen molar-refractivity contribution in [3.05, 3.63) is 47.3 Å². The van der Waals surface area contributed by atoms with Gasteiger partial charge in [-0.25, -0.2) is 4.98 Å². The molecule has 0 spiro atoms. The van der Waals surface area contributed by atoms with E-state index in [4.69, 9.17) is 4.52 Å². The molecule has 1 N–H and O–H groups in total. The van der Waals surface area contributed by atoms with E-state index in [0.29, 0.717) is 28.3 Å². The Hall–Kier alpha value is -2.89. The standard InChI is InChI=1S/C22H24N4O2/c1-13-9-10-26(12-13)17-7-5-16(6-8-17)23-21(27)18-11-19(15-3-4-15)24-22-20(18)14(2)25-28-22/h5-8,11,13,15H,3-4,9-10,12H2,1-2H3,(H,23,27). The number of carbonyl (C=O) groups is 1. The summed E-state index contributed by atoms with van der Waals surface area (Å²) in [5.41, 5.74) is 4.64.